The summed E-state index contributed by atoms with van der Waals surface area (Å²) in [6.07, 6.45) is 1.79. The Morgan fingerprint density at radius 1 is 1.38 bits per heavy atom. The van der Waals surface area contributed by atoms with Crippen molar-refractivity contribution in [2.75, 3.05) is 0 Å². The van der Waals surface area contributed by atoms with Crippen LogP contribution in [0, 0.1) is 6.92 Å². The van der Waals surface area contributed by atoms with Crippen LogP contribution in [-0.4, -0.2) is 4.98 Å². The van der Waals surface area contributed by atoms with Crippen LogP contribution in [0.5, 0.6) is 0 Å². The van der Waals surface area contributed by atoms with Crippen LogP contribution in [-0.2, 0) is 16.5 Å². The van der Waals surface area contributed by atoms with Gasteiger partial charge in [-0.05, 0) is 19.1 Å². The molecule has 1 aromatic heterocycles. The standard InChI is InChI=1S/C6H7N.Ni/c1-6-4-2-3-5-7-6;/h2-5H,1H3;/q;+2. The van der Waals surface area contributed by atoms with Crippen LogP contribution >= 0.6 is 0 Å². The van der Waals surface area contributed by atoms with Crippen molar-refractivity contribution in [3.63, 3.8) is 0 Å². The van der Waals surface area contributed by atoms with Crippen molar-refractivity contribution in [3.8, 4) is 0 Å². The second-order valence-electron chi connectivity index (χ2n) is 1.47. The van der Waals surface area contributed by atoms with Gasteiger partial charge in [-0.2, -0.15) is 0 Å². The Balaban J connectivity index is 0.000000490. The van der Waals surface area contributed by atoms with Gasteiger partial charge in [0.2, 0.25) is 0 Å². The molecule has 8 heavy (non-hydrogen) atoms. The average molecular weight is 152 g/mol. The minimum Gasteiger partial charge on any atom is -0.262 e. The molecule has 0 saturated carbocycles. The van der Waals surface area contributed by atoms with Gasteiger partial charge in [0.05, 0.1) is 0 Å². The van der Waals surface area contributed by atoms with Crippen LogP contribution in [0.4, 0.5) is 0 Å². The molecule has 0 fully saturated rings. The van der Waals surface area contributed by atoms with Gasteiger partial charge < -0.3 is 0 Å². The van der Waals surface area contributed by atoms with Gasteiger partial charge in [0.25, 0.3) is 0 Å². The predicted molar refractivity (Wildman–Crippen MR) is 29.0 cm³/mol. The molecule has 1 aromatic rings. The summed E-state index contributed by atoms with van der Waals surface area (Å²) in [6.45, 7) is 1.97. The van der Waals surface area contributed by atoms with Gasteiger partial charge in [-0.25, -0.2) is 0 Å². The van der Waals surface area contributed by atoms with Gasteiger partial charge in [-0.1, -0.05) is 6.07 Å². The van der Waals surface area contributed by atoms with Crippen molar-refractivity contribution in [2.24, 2.45) is 0 Å². The van der Waals surface area contributed by atoms with Crippen molar-refractivity contribution in [1.82, 2.24) is 4.98 Å². The number of rotatable bonds is 0. The zero-order chi connectivity index (χ0) is 5.11. The first kappa shape index (κ1) is 7.64. The molecule has 0 aliphatic carbocycles. The molecule has 0 amide bonds. The fourth-order valence-electron chi connectivity index (χ4n) is 0.448. The predicted octanol–water partition coefficient (Wildman–Crippen LogP) is 1.39. The summed E-state index contributed by atoms with van der Waals surface area (Å²) in [5, 5.41) is 0. The van der Waals surface area contributed by atoms with Crippen molar-refractivity contribution < 1.29 is 16.5 Å². The largest absolute Gasteiger partial charge is 2.00 e. The van der Waals surface area contributed by atoms with Crippen molar-refractivity contribution in [1.29, 1.82) is 0 Å². The van der Waals surface area contributed by atoms with Crippen molar-refractivity contribution in [3.05, 3.63) is 30.1 Å². The SMILES string of the molecule is Cc1ccccn1.[Ni+2]. The molecule has 0 aromatic carbocycles. The molecule has 44 valence electrons. The summed E-state index contributed by atoms with van der Waals surface area (Å²) >= 11 is 0. The molecule has 0 spiro atoms. The molecule has 0 aliphatic rings. The monoisotopic (exact) mass is 151 g/mol. The molecule has 0 atom stereocenters. The minimum atomic E-state index is 0. The van der Waals surface area contributed by atoms with Crippen LogP contribution in [0.25, 0.3) is 0 Å². The topological polar surface area (TPSA) is 12.9 Å². The average Bonchev–Trinajstić information content (AvgIpc) is 1.69. The first-order valence-electron chi connectivity index (χ1n) is 2.27. The molecule has 1 nitrogen and oxygen atoms in total. The van der Waals surface area contributed by atoms with E-state index in [0.29, 0.717) is 0 Å². The number of hydrogen-bond acceptors (Lipinski definition) is 1. The molecular formula is C6H7NNi+2. The van der Waals surface area contributed by atoms with Crippen molar-refractivity contribution >= 4 is 0 Å². The normalized spacial score (nSPS) is 7.62. The van der Waals surface area contributed by atoms with Gasteiger partial charge in [0, 0.05) is 11.9 Å². The number of pyridine rings is 1. The van der Waals surface area contributed by atoms with E-state index in [2.05, 4.69) is 4.98 Å². The first-order valence-corrected chi connectivity index (χ1v) is 2.27. The minimum absolute atomic E-state index is 0. The molecule has 0 saturated heterocycles. The van der Waals surface area contributed by atoms with Crippen molar-refractivity contribution in [2.45, 2.75) is 6.92 Å². The van der Waals surface area contributed by atoms with E-state index >= 15 is 0 Å². The van der Waals surface area contributed by atoms with E-state index in [9.17, 15) is 0 Å². The summed E-state index contributed by atoms with van der Waals surface area (Å²) in [5.74, 6) is 0. The summed E-state index contributed by atoms with van der Waals surface area (Å²) in [4.78, 5) is 3.98. The Morgan fingerprint density at radius 3 is 2.38 bits per heavy atom. The maximum Gasteiger partial charge on any atom is 2.00 e. The van der Waals surface area contributed by atoms with E-state index in [-0.39, 0.29) is 16.5 Å². The summed E-state index contributed by atoms with van der Waals surface area (Å²) < 4.78 is 0. The fourth-order valence-corrected chi connectivity index (χ4v) is 0.448. The number of aromatic nitrogens is 1. The third-order valence-corrected chi connectivity index (χ3v) is 0.813. The number of hydrogen-bond donors (Lipinski definition) is 0. The second-order valence-corrected chi connectivity index (χ2v) is 1.47. The van der Waals surface area contributed by atoms with Gasteiger partial charge in [-0.3, -0.25) is 4.98 Å². The van der Waals surface area contributed by atoms with Gasteiger partial charge in [-0.15, -0.1) is 0 Å². The zero-order valence-corrected chi connectivity index (χ0v) is 5.56. The van der Waals surface area contributed by atoms with Crippen LogP contribution in [0.15, 0.2) is 24.4 Å². The van der Waals surface area contributed by atoms with Gasteiger partial charge in [0.15, 0.2) is 0 Å². The van der Waals surface area contributed by atoms with Crippen LogP contribution in [0.1, 0.15) is 5.69 Å². The molecule has 0 unspecified atom stereocenters. The first-order chi connectivity index (χ1) is 3.39. The third-order valence-electron chi connectivity index (χ3n) is 0.813. The summed E-state index contributed by atoms with van der Waals surface area (Å²) in [5.41, 5.74) is 1.07. The smallest absolute Gasteiger partial charge is 0.262 e. The Bertz CT molecular complexity index is 138. The van der Waals surface area contributed by atoms with Crippen LogP contribution in [0.2, 0.25) is 0 Å². The molecule has 0 aliphatic heterocycles. The summed E-state index contributed by atoms with van der Waals surface area (Å²) in [7, 11) is 0. The quantitative estimate of drug-likeness (QED) is 0.511. The molecule has 0 N–H and O–H groups in total. The Kier molecular flexibility index (Phi) is 3.46. The van der Waals surface area contributed by atoms with E-state index in [1.165, 1.54) is 0 Å². The van der Waals surface area contributed by atoms with Gasteiger partial charge in [0.1, 0.15) is 0 Å². The van der Waals surface area contributed by atoms with E-state index in [1.807, 2.05) is 25.1 Å². The van der Waals surface area contributed by atoms with E-state index in [1.54, 1.807) is 6.20 Å². The maximum absolute atomic E-state index is 3.98. The second kappa shape index (κ2) is 3.62. The third kappa shape index (κ3) is 2.08. The fraction of sp³-hybridized carbons (Fsp3) is 0.167. The molecule has 0 radical (unpaired) electrons. The van der Waals surface area contributed by atoms with Crippen LogP contribution in [0.3, 0.4) is 0 Å². The van der Waals surface area contributed by atoms with Crippen LogP contribution < -0.4 is 0 Å². The maximum atomic E-state index is 3.98. The van der Waals surface area contributed by atoms with E-state index in [0.717, 1.165) is 5.69 Å². The number of aryl methyl sites for hydroxylation is 1. The van der Waals surface area contributed by atoms with E-state index in [4.69, 9.17) is 0 Å². The Hall–Kier alpha value is -0.356. The molecular weight excluding hydrogens is 145 g/mol. The Morgan fingerprint density at radius 2 is 2.12 bits per heavy atom. The molecule has 0 bridgehead atoms. The molecule has 1 heterocycles. The summed E-state index contributed by atoms with van der Waals surface area (Å²) in [6, 6.07) is 5.86. The molecule has 2 heteroatoms. The van der Waals surface area contributed by atoms with E-state index < -0.39 is 0 Å². The zero-order valence-electron chi connectivity index (χ0n) is 4.57. The Labute approximate surface area is 59.1 Å². The number of nitrogens with zero attached hydrogens (tertiary/aromatic N) is 1. The van der Waals surface area contributed by atoms with Gasteiger partial charge >= 0.3 is 16.5 Å². The molecule has 1 rings (SSSR count).